The van der Waals surface area contributed by atoms with Crippen LogP contribution >= 0.6 is 0 Å². The smallest absolute Gasteiger partial charge is 0.330 e. The first-order valence-corrected chi connectivity index (χ1v) is 10.7. The van der Waals surface area contributed by atoms with Gasteiger partial charge < -0.3 is 19.7 Å². The molecule has 0 aliphatic heterocycles. The van der Waals surface area contributed by atoms with Crippen LogP contribution in [0.2, 0.25) is 0 Å². The molecule has 2 N–H and O–H groups in total. The molecule has 2 aromatic rings. The highest BCUT2D eigenvalue weighted by Gasteiger charge is 2.23. The van der Waals surface area contributed by atoms with Crippen molar-refractivity contribution in [1.29, 1.82) is 0 Å². The summed E-state index contributed by atoms with van der Waals surface area (Å²) in [7, 11) is 0. The molecule has 0 heterocycles. The highest BCUT2D eigenvalue weighted by Crippen LogP contribution is 2.32. The number of esters is 1. The summed E-state index contributed by atoms with van der Waals surface area (Å²) in [5.41, 5.74) is 3.29. The van der Waals surface area contributed by atoms with Crippen molar-refractivity contribution in [2.45, 2.75) is 57.7 Å². The third kappa shape index (κ3) is 7.53. The number of benzene rings is 2. The van der Waals surface area contributed by atoms with E-state index in [4.69, 9.17) is 9.47 Å². The van der Waals surface area contributed by atoms with Crippen LogP contribution in [-0.2, 0) is 21.4 Å². The first-order valence-electron chi connectivity index (χ1n) is 10.7. The maximum atomic E-state index is 11.1. The molecule has 5 heteroatoms. The molecule has 0 saturated heterocycles. The fraction of sp³-hybridized carbons (Fsp3) is 0.423. The molecule has 0 fully saturated rings. The maximum absolute atomic E-state index is 11.1. The Balaban J connectivity index is 1.94. The zero-order valence-corrected chi connectivity index (χ0v) is 18.7. The molecule has 31 heavy (non-hydrogen) atoms. The third-order valence-electron chi connectivity index (χ3n) is 5.52. The highest BCUT2D eigenvalue weighted by molar-refractivity contribution is 5.81. The largest absolute Gasteiger partial charge is 0.491 e. The monoisotopic (exact) mass is 426 g/mol. The predicted octanol–water partition coefficient (Wildman–Crippen LogP) is 4.18. The minimum atomic E-state index is -0.695. The molecular weight excluding hydrogens is 392 g/mol. The lowest BCUT2D eigenvalue weighted by molar-refractivity contribution is -0.140. The van der Waals surface area contributed by atoms with Gasteiger partial charge in [0.2, 0.25) is 0 Å². The Morgan fingerprint density at radius 1 is 1.00 bits per heavy atom. The van der Waals surface area contributed by atoms with Gasteiger partial charge in [0.05, 0.1) is 12.2 Å². The Hall–Kier alpha value is -2.63. The van der Waals surface area contributed by atoms with Crippen LogP contribution < -0.4 is 4.74 Å². The maximum Gasteiger partial charge on any atom is 0.330 e. The van der Waals surface area contributed by atoms with Gasteiger partial charge in [-0.1, -0.05) is 63.7 Å². The number of aliphatic hydroxyl groups is 2. The molecule has 5 nitrogen and oxygen atoms in total. The average molecular weight is 427 g/mol. The molecule has 0 bridgehead atoms. The molecule has 0 saturated carbocycles. The molecule has 0 aliphatic carbocycles. The minimum Gasteiger partial charge on any atom is -0.491 e. The molecule has 0 aliphatic rings. The van der Waals surface area contributed by atoms with Gasteiger partial charge in [-0.2, -0.15) is 0 Å². The molecule has 2 atom stereocenters. The molecule has 0 spiro atoms. The molecule has 0 aromatic heterocycles. The lowest BCUT2D eigenvalue weighted by Crippen LogP contribution is -2.19. The van der Waals surface area contributed by atoms with Crippen molar-refractivity contribution < 1.29 is 24.5 Å². The molecule has 0 radical (unpaired) electrons. The Morgan fingerprint density at radius 3 is 2.13 bits per heavy atom. The van der Waals surface area contributed by atoms with Crippen LogP contribution in [0.4, 0.5) is 0 Å². The van der Waals surface area contributed by atoms with Crippen LogP contribution in [-0.4, -0.2) is 41.6 Å². The fourth-order valence-corrected chi connectivity index (χ4v) is 3.19. The lowest BCUT2D eigenvalue weighted by atomic mass is 9.78. The van der Waals surface area contributed by atoms with E-state index in [0.717, 1.165) is 17.4 Å². The Labute approximate surface area is 185 Å². The van der Waals surface area contributed by atoms with Crippen molar-refractivity contribution in [1.82, 2.24) is 0 Å². The van der Waals surface area contributed by atoms with Crippen LogP contribution in [0.3, 0.4) is 0 Å². The van der Waals surface area contributed by atoms with Gasteiger partial charge in [0.25, 0.3) is 0 Å². The second kappa shape index (κ2) is 11.7. The minimum absolute atomic E-state index is 0.0208. The van der Waals surface area contributed by atoms with Crippen LogP contribution in [0.5, 0.6) is 5.75 Å². The second-order valence-corrected chi connectivity index (χ2v) is 8.25. The number of ether oxygens (including phenoxy) is 2. The number of rotatable bonds is 12. The van der Waals surface area contributed by atoms with Gasteiger partial charge in [0, 0.05) is 11.5 Å². The van der Waals surface area contributed by atoms with Crippen LogP contribution in [0.25, 0.3) is 0 Å². The first kappa shape index (κ1) is 24.6. The SMILES string of the molecule is C=CC(=O)OCC(O)CCc1ccc(C(C)(C)c2ccc(OCC(O)CC)cc2)cc1. The fourth-order valence-electron chi connectivity index (χ4n) is 3.19. The van der Waals surface area contributed by atoms with Crippen molar-refractivity contribution in [3.8, 4) is 5.75 Å². The van der Waals surface area contributed by atoms with E-state index in [-0.39, 0.29) is 12.0 Å². The molecule has 0 amide bonds. The normalized spacial score (nSPS) is 13.3. The molecule has 2 aromatic carbocycles. The Bertz CT molecular complexity index is 824. The van der Waals surface area contributed by atoms with Crippen molar-refractivity contribution in [3.63, 3.8) is 0 Å². The highest BCUT2D eigenvalue weighted by atomic mass is 16.5. The van der Waals surface area contributed by atoms with E-state index < -0.39 is 18.2 Å². The number of carbonyl (C=O) groups excluding carboxylic acids is 1. The number of hydrogen-bond donors (Lipinski definition) is 2. The van der Waals surface area contributed by atoms with Crippen LogP contribution in [0, 0.1) is 0 Å². The average Bonchev–Trinajstić information content (AvgIpc) is 2.80. The molecule has 2 rings (SSSR count). The summed E-state index contributed by atoms with van der Waals surface area (Å²) in [6.45, 7) is 9.89. The zero-order valence-electron chi connectivity index (χ0n) is 18.7. The summed E-state index contributed by atoms with van der Waals surface area (Å²) in [5.74, 6) is 0.225. The number of carbonyl (C=O) groups is 1. The summed E-state index contributed by atoms with van der Waals surface area (Å²) < 4.78 is 10.5. The van der Waals surface area contributed by atoms with E-state index in [1.807, 2.05) is 19.1 Å². The number of aryl methyl sites for hydroxylation is 1. The first-order chi connectivity index (χ1) is 14.8. The van der Waals surface area contributed by atoms with Crippen LogP contribution in [0.1, 0.15) is 50.3 Å². The molecule has 168 valence electrons. The van der Waals surface area contributed by atoms with E-state index in [2.05, 4.69) is 56.8 Å². The summed E-state index contributed by atoms with van der Waals surface area (Å²) in [4.78, 5) is 11.1. The van der Waals surface area contributed by atoms with Gasteiger partial charge in [-0.3, -0.25) is 0 Å². The third-order valence-corrected chi connectivity index (χ3v) is 5.52. The summed E-state index contributed by atoms with van der Waals surface area (Å²) in [5, 5.41) is 19.6. The Kier molecular flexibility index (Phi) is 9.28. The van der Waals surface area contributed by atoms with Gasteiger partial charge in [-0.15, -0.1) is 0 Å². The lowest BCUT2D eigenvalue weighted by Gasteiger charge is -2.26. The van der Waals surface area contributed by atoms with Gasteiger partial charge in [-0.05, 0) is 48.1 Å². The summed E-state index contributed by atoms with van der Waals surface area (Å²) in [6.07, 6.45) is 1.83. The van der Waals surface area contributed by atoms with E-state index in [1.165, 1.54) is 11.1 Å². The van der Waals surface area contributed by atoms with Crippen molar-refractivity contribution >= 4 is 5.97 Å². The summed E-state index contributed by atoms with van der Waals surface area (Å²) >= 11 is 0. The number of aliphatic hydroxyl groups excluding tert-OH is 2. The van der Waals surface area contributed by atoms with Gasteiger partial charge in [0.1, 0.15) is 19.0 Å². The second-order valence-electron chi connectivity index (χ2n) is 8.25. The number of hydrogen-bond acceptors (Lipinski definition) is 5. The van der Waals surface area contributed by atoms with Gasteiger partial charge in [-0.25, -0.2) is 4.79 Å². The van der Waals surface area contributed by atoms with E-state index in [1.54, 1.807) is 0 Å². The zero-order chi connectivity index (χ0) is 22.9. The van der Waals surface area contributed by atoms with Crippen molar-refractivity contribution in [2.75, 3.05) is 13.2 Å². The van der Waals surface area contributed by atoms with E-state index in [9.17, 15) is 15.0 Å². The van der Waals surface area contributed by atoms with Gasteiger partial charge in [0.15, 0.2) is 0 Å². The molecule has 2 unspecified atom stereocenters. The van der Waals surface area contributed by atoms with Gasteiger partial charge >= 0.3 is 5.97 Å². The quantitative estimate of drug-likeness (QED) is 0.393. The van der Waals surface area contributed by atoms with E-state index in [0.29, 0.717) is 25.9 Å². The Morgan fingerprint density at radius 2 is 1.58 bits per heavy atom. The van der Waals surface area contributed by atoms with Crippen LogP contribution in [0.15, 0.2) is 61.2 Å². The molecular formula is C26H34O5. The van der Waals surface area contributed by atoms with Crippen molar-refractivity contribution in [2.24, 2.45) is 0 Å². The van der Waals surface area contributed by atoms with E-state index >= 15 is 0 Å². The standard InChI is InChI=1S/C26H34O5/c1-5-22(27)17-30-24-15-12-21(13-16-24)26(3,4)20-10-7-19(8-11-20)9-14-23(28)18-31-25(29)6-2/h6-8,10-13,15-16,22-23,27-28H,2,5,9,14,17-18H2,1,3-4H3. The predicted molar refractivity (Wildman–Crippen MR) is 122 cm³/mol. The van der Waals surface area contributed by atoms with Crippen molar-refractivity contribution in [3.05, 3.63) is 77.9 Å². The summed E-state index contributed by atoms with van der Waals surface area (Å²) in [6, 6.07) is 16.4. The topological polar surface area (TPSA) is 76.0 Å².